The Morgan fingerprint density at radius 1 is 1.32 bits per heavy atom. The average molecular weight is 265 g/mol. The lowest BCUT2D eigenvalue weighted by atomic mass is 10.2. The lowest BCUT2D eigenvalue weighted by molar-refractivity contribution is 0.283. The van der Waals surface area contributed by atoms with Gasteiger partial charge in [-0.25, -0.2) is 0 Å². The maximum Gasteiger partial charge on any atom is 0.0572 e. The molecule has 0 amide bonds. The van der Waals surface area contributed by atoms with Crippen molar-refractivity contribution in [1.29, 1.82) is 0 Å². The fourth-order valence-corrected chi connectivity index (χ4v) is 2.06. The Morgan fingerprint density at radius 2 is 2.11 bits per heavy atom. The predicted molar refractivity (Wildman–Crippen MR) is 80.5 cm³/mol. The van der Waals surface area contributed by atoms with Crippen LogP contribution in [0.3, 0.4) is 0 Å². The van der Waals surface area contributed by atoms with E-state index in [0.717, 1.165) is 43.7 Å². The van der Waals surface area contributed by atoms with E-state index in [1.54, 1.807) is 0 Å². The molecule has 0 aliphatic carbocycles. The van der Waals surface area contributed by atoms with Gasteiger partial charge >= 0.3 is 0 Å². The molecule has 19 heavy (non-hydrogen) atoms. The molecule has 4 heteroatoms. The average Bonchev–Trinajstić information content (AvgIpc) is 2.44. The standard InChI is InChI=1S/C15H27N3O/c1-4-16-13(2)15-9-8-14(12-17-15)18(3)10-6-5-7-11-19/h8-9,12-13,16,19H,4-7,10-11H2,1-3H3. The van der Waals surface area contributed by atoms with Gasteiger partial charge in [-0.3, -0.25) is 4.98 Å². The number of nitrogens with zero attached hydrogens (tertiary/aromatic N) is 2. The number of aromatic nitrogens is 1. The number of nitrogens with one attached hydrogen (secondary N) is 1. The van der Waals surface area contributed by atoms with Crippen LogP contribution < -0.4 is 10.2 Å². The molecule has 0 spiro atoms. The maximum absolute atomic E-state index is 8.75. The van der Waals surface area contributed by atoms with E-state index in [4.69, 9.17) is 5.11 Å². The lowest BCUT2D eigenvalue weighted by Crippen LogP contribution is -2.21. The van der Waals surface area contributed by atoms with Crippen LogP contribution in [-0.2, 0) is 0 Å². The van der Waals surface area contributed by atoms with E-state index in [0.29, 0.717) is 12.6 Å². The van der Waals surface area contributed by atoms with Crippen molar-refractivity contribution < 1.29 is 5.11 Å². The zero-order valence-corrected chi connectivity index (χ0v) is 12.4. The highest BCUT2D eigenvalue weighted by molar-refractivity contribution is 5.43. The molecule has 108 valence electrons. The van der Waals surface area contributed by atoms with Crippen molar-refractivity contribution in [1.82, 2.24) is 10.3 Å². The van der Waals surface area contributed by atoms with Gasteiger partial charge < -0.3 is 15.3 Å². The van der Waals surface area contributed by atoms with Gasteiger partial charge in [0.15, 0.2) is 0 Å². The van der Waals surface area contributed by atoms with Crippen molar-refractivity contribution in [2.45, 2.75) is 39.2 Å². The van der Waals surface area contributed by atoms with Gasteiger partial charge in [0, 0.05) is 26.2 Å². The molecule has 0 aliphatic rings. The van der Waals surface area contributed by atoms with Crippen LogP contribution in [0.2, 0.25) is 0 Å². The molecule has 1 heterocycles. The van der Waals surface area contributed by atoms with Crippen LogP contribution in [0.15, 0.2) is 18.3 Å². The van der Waals surface area contributed by atoms with Gasteiger partial charge in [0.1, 0.15) is 0 Å². The first-order valence-electron chi connectivity index (χ1n) is 7.20. The van der Waals surface area contributed by atoms with Crippen LogP contribution in [-0.4, -0.2) is 36.8 Å². The van der Waals surface area contributed by atoms with Gasteiger partial charge in [0.2, 0.25) is 0 Å². The number of anilines is 1. The zero-order chi connectivity index (χ0) is 14.1. The highest BCUT2D eigenvalue weighted by atomic mass is 16.2. The molecule has 0 saturated heterocycles. The quantitative estimate of drug-likeness (QED) is 0.673. The van der Waals surface area contributed by atoms with Gasteiger partial charge in [0.05, 0.1) is 17.6 Å². The second kappa shape index (κ2) is 8.88. The largest absolute Gasteiger partial charge is 0.396 e. The first-order valence-corrected chi connectivity index (χ1v) is 7.20. The van der Waals surface area contributed by atoms with Crippen LogP contribution in [0, 0.1) is 0 Å². The minimum absolute atomic E-state index is 0.294. The van der Waals surface area contributed by atoms with Crippen LogP contribution in [0.4, 0.5) is 5.69 Å². The molecule has 1 atom stereocenters. The normalized spacial score (nSPS) is 12.4. The van der Waals surface area contributed by atoms with Gasteiger partial charge in [0.25, 0.3) is 0 Å². The van der Waals surface area contributed by atoms with Crippen molar-refractivity contribution >= 4 is 5.69 Å². The number of hydrogen-bond acceptors (Lipinski definition) is 4. The predicted octanol–water partition coefficient (Wildman–Crippen LogP) is 2.35. The Kier molecular flexibility index (Phi) is 7.45. The van der Waals surface area contributed by atoms with E-state index in [-0.39, 0.29) is 0 Å². The summed E-state index contributed by atoms with van der Waals surface area (Å²) in [4.78, 5) is 6.73. The number of aliphatic hydroxyl groups excluding tert-OH is 1. The van der Waals surface area contributed by atoms with Crippen molar-refractivity contribution in [3.63, 3.8) is 0 Å². The van der Waals surface area contributed by atoms with E-state index >= 15 is 0 Å². The number of rotatable bonds is 9. The molecule has 1 aromatic rings. The summed E-state index contributed by atoms with van der Waals surface area (Å²) < 4.78 is 0. The molecule has 1 aromatic heterocycles. The Bertz CT molecular complexity index is 340. The molecule has 0 bridgehead atoms. The molecule has 0 fully saturated rings. The third-order valence-corrected chi connectivity index (χ3v) is 3.32. The fraction of sp³-hybridized carbons (Fsp3) is 0.667. The first kappa shape index (κ1) is 15.9. The molecule has 0 aromatic carbocycles. The highest BCUT2D eigenvalue weighted by Gasteiger charge is 2.06. The summed E-state index contributed by atoms with van der Waals surface area (Å²) in [5, 5.41) is 12.1. The summed E-state index contributed by atoms with van der Waals surface area (Å²) in [7, 11) is 2.09. The van der Waals surface area contributed by atoms with E-state index in [1.165, 1.54) is 0 Å². The molecular formula is C15H27N3O. The Balaban J connectivity index is 2.46. The van der Waals surface area contributed by atoms with Crippen molar-refractivity contribution in [3.8, 4) is 0 Å². The molecule has 4 nitrogen and oxygen atoms in total. The molecule has 0 saturated carbocycles. The molecular weight excluding hydrogens is 238 g/mol. The maximum atomic E-state index is 8.75. The fourth-order valence-electron chi connectivity index (χ4n) is 2.06. The number of unbranched alkanes of at least 4 members (excludes halogenated alkanes) is 2. The Labute approximate surface area is 116 Å². The van der Waals surface area contributed by atoms with Gasteiger partial charge in [-0.15, -0.1) is 0 Å². The summed E-state index contributed by atoms with van der Waals surface area (Å²) in [5.74, 6) is 0. The number of hydrogen-bond donors (Lipinski definition) is 2. The van der Waals surface area contributed by atoms with Gasteiger partial charge in [-0.1, -0.05) is 6.92 Å². The third kappa shape index (κ3) is 5.57. The van der Waals surface area contributed by atoms with Crippen LogP contribution in [0.25, 0.3) is 0 Å². The minimum atomic E-state index is 0.294. The minimum Gasteiger partial charge on any atom is -0.396 e. The first-order chi connectivity index (χ1) is 9.19. The second-order valence-corrected chi connectivity index (χ2v) is 4.93. The monoisotopic (exact) mass is 265 g/mol. The van der Waals surface area contributed by atoms with E-state index in [1.807, 2.05) is 6.20 Å². The second-order valence-electron chi connectivity index (χ2n) is 4.93. The Hall–Kier alpha value is -1.13. The van der Waals surface area contributed by atoms with E-state index in [9.17, 15) is 0 Å². The van der Waals surface area contributed by atoms with Gasteiger partial charge in [-0.05, 0) is 44.9 Å². The number of pyridine rings is 1. The van der Waals surface area contributed by atoms with Crippen LogP contribution >= 0.6 is 0 Å². The zero-order valence-electron chi connectivity index (χ0n) is 12.4. The van der Waals surface area contributed by atoms with Crippen LogP contribution in [0.5, 0.6) is 0 Å². The number of aliphatic hydroxyl groups is 1. The van der Waals surface area contributed by atoms with E-state index in [2.05, 4.69) is 48.2 Å². The Morgan fingerprint density at radius 3 is 2.68 bits per heavy atom. The van der Waals surface area contributed by atoms with Crippen LogP contribution in [0.1, 0.15) is 44.8 Å². The summed E-state index contributed by atoms with van der Waals surface area (Å²) in [6.45, 7) is 6.48. The molecule has 2 N–H and O–H groups in total. The van der Waals surface area contributed by atoms with Gasteiger partial charge in [-0.2, -0.15) is 0 Å². The summed E-state index contributed by atoms with van der Waals surface area (Å²) >= 11 is 0. The van der Waals surface area contributed by atoms with Crippen molar-refractivity contribution in [3.05, 3.63) is 24.0 Å². The SMILES string of the molecule is CCNC(C)c1ccc(N(C)CCCCCO)cn1. The lowest BCUT2D eigenvalue weighted by Gasteiger charge is -2.20. The third-order valence-electron chi connectivity index (χ3n) is 3.32. The summed E-state index contributed by atoms with van der Waals surface area (Å²) in [6, 6.07) is 4.52. The molecule has 0 radical (unpaired) electrons. The van der Waals surface area contributed by atoms with Crippen molar-refractivity contribution in [2.24, 2.45) is 0 Å². The summed E-state index contributed by atoms with van der Waals surface area (Å²) in [5.41, 5.74) is 2.23. The molecule has 0 aliphatic heterocycles. The molecule has 1 unspecified atom stereocenters. The molecule has 1 rings (SSSR count). The van der Waals surface area contributed by atoms with Crippen molar-refractivity contribution in [2.75, 3.05) is 31.6 Å². The van der Waals surface area contributed by atoms with E-state index < -0.39 is 0 Å². The summed E-state index contributed by atoms with van der Waals surface area (Å²) in [6.07, 6.45) is 5.01. The highest BCUT2D eigenvalue weighted by Crippen LogP contribution is 2.15. The smallest absolute Gasteiger partial charge is 0.0572 e. The topological polar surface area (TPSA) is 48.4 Å².